The number of rotatable bonds is 1. The highest BCUT2D eigenvalue weighted by molar-refractivity contribution is 5.74. The molecule has 0 radical (unpaired) electrons. The van der Waals surface area contributed by atoms with E-state index in [1.54, 1.807) is 0 Å². The van der Waals surface area contributed by atoms with E-state index in [2.05, 4.69) is 34.5 Å². The molecule has 0 saturated heterocycles. The molecular weight excluding hydrogens is 196 g/mol. The van der Waals surface area contributed by atoms with Crippen molar-refractivity contribution < 1.29 is 0 Å². The molecule has 2 heteroatoms. The van der Waals surface area contributed by atoms with Gasteiger partial charge in [-0.2, -0.15) is 5.10 Å². The summed E-state index contributed by atoms with van der Waals surface area (Å²) in [5, 5.41) is 7.79. The fraction of sp³-hybridized carbons (Fsp3) is 0.357. The van der Waals surface area contributed by atoms with E-state index in [4.69, 9.17) is 0 Å². The lowest BCUT2D eigenvalue weighted by Crippen LogP contribution is -2.11. The van der Waals surface area contributed by atoms with Crippen molar-refractivity contribution >= 4 is 0 Å². The zero-order chi connectivity index (χ0) is 10.5. The number of aromatic amines is 1. The number of hydrogen-bond acceptors (Lipinski definition) is 1. The van der Waals surface area contributed by atoms with Crippen molar-refractivity contribution in [2.75, 3.05) is 0 Å². The van der Waals surface area contributed by atoms with Gasteiger partial charge in [-0.15, -0.1) is 0 Å². The van der Waals surface area contributed by atoms with Gasteiger partial charge in [0.2, 0.25) is 0 Å². The van der Waals surface area contributed by atoms with Gasteiger partial charge in [0, 0.05) is 29.2 Å². The summed E-state index contributed by atoms with van der Waals surface area (Å²) >= 11 is 0. The quantitative estimate of drug-likeness (QED) is 0.656. The highest BCUT2D eigenvalue weighted by Gasteiger charge is 2.30. The molecule has 4 rings (SSSR count). The van der Waals surface area contributed by atoms with Crippen molar-refractivity contribution in [3.05, 3.63) is 41.1 Å². The molecule has 0 aliphatic heterocycles. The van der Waals surface area contributed by atoms with Gasteiger partial charge < -0.3 is 0 Å². The van der Waals surface area contributed by atoms with Crippen LogP contribution >= 0.6 is 0 Å². The molecule has 2 aliphatic carbocycles. The van der Waals surface area contributed by atoms with Gasteiger partial charge in [-0.05, 0) is 18.4 Å². The lowest BCUT2D eigenvalue weighted by molar-refractivity contribution is 0.409. The van der Waals surface area contributed by atoms with E-state index in [9.17, 15) is 0 Å². The van der Waals surface area contributed by atoms with E-state index in [0.717, 1.165) is 12.3 Å². The van der Waals surface area contributed by atoms with Crippen LogP contribution in [0.15, 0.2) is 24.3 Å². The van der Waals surface area contributed by atoms with Gasteiger partial charge in [0.05, 0.1) is 5.69 Å². The van der Waals surface area contributed by atoms with Gasteiger partial charge in [0.25, 0.3) is 0 Å². The number of nitrogens with one attached hydrogen (secondary N) is 1. The SMILES string of the molecule is c1ccc2c(c1)Cc1c-2n[nH]c1C1CCC1. The molecule has 80 valence electrons. The maximum atomic E-state index is 4.52. The minimum atomic E-state index is 0.755. The summed E-state index contributed by atoms with van der Waals surface area (Å²) in [7, 11) is 0. The molecule has 1 aromatic heterocycles. The molecule has 0 bridgehead atoms. The lowest BCUT2D eigenvalue weighted by atomic mass is 9.81. The first kappa shape index (κ1) is 8.57. The van der Waals surface area contributed by atoms with Crippen LogP contribution in [-0.2, 0) is 6.42 Å². The fourth-order valence-corrected chi connectivity index (χ4v) is 2.91. The Morgan fingerprint density at radius 2 is 2.06 bits per heavy atom. The molecule has 2 aromatic rings. The fourth-order valence-electron chi connectivity index (χ4n) is 2.91. The molecule has 0 amide bonds. The van der Waals surface area contributed by atoms with Gasteiger partial charge in [0.1, 0.15) is 0 Å². The van der Waals surface area contributed by atoms with E-state index < -0.39 is 0 Å². The number of nitrogens with zero attached hydrogens (tertiary/aromatic N) is 1. The molecule has 1 N–H and O–H groups in total. The van der Waals surface area contributed by atoms with Crippen LogP contribution < -0.4 is 0 Å². The van der Waals surface area contributed by atoms with E-state index in [0.29, 0.717) is 0 Å². The monoisotopic (exact) mass is 210 g/mol. The maximum absolute atomic E-state index is 4.52. The van der Waals surface area contributed by atoms with Crippen LogP contribution in [-0.4, -0.2) is 10.2 Å². The summed E-state index contributed by atoms with van der Waals surface area (Å²) in [6.07, 6.45) is 5.13. The van der Waals surface area contributed by atoms with Gasteiger partial charge >= 0.3 is 0 Å². The zero-order valence-corrected chi connectivity index (χ0v) is 9.16. The molecule has 1 fully saturated rings. The van der Waals surface area contributed by atoms with Gasteiger partial charge in [-0.25, -0.2) is 0 Å². The van der Waals surface area contributed by atoms with Crippen LogP contribution in [0.1, 0.15) is 42.0 Å². The van der Waals surface area contributed by atoms with Crippen molar-refractivity contribution in [3.63, 3.8) is 0 Å². The number of benzene rings is 1. The Balaban J connectivity index is 1.85. The maximum Gasteiger partial charge on any atom is 0.0961 e. The highest BCUT2D eigenvalue weighted by atomic mass is 15.1. The minimum Gasteiger partial charge on any atom is -0.281 e. The number of hydrogen-bond donors (Lipinski definition) is 1. The normalized spacial score (nSPS) is 18.0. The van der Waals surface area contributed by atoms with Crippen molar-refractivity contribution in [3.8, 4) is 11.3 Å². The topological polar surface area (TPSA) is 28.7 Å². The van der Waals surface area contributed by atoms with Crippen LogP contribution in [0.2, 0.25) is 0 Å². The summed E-state index contributed by atoms with van der Waals surface area (Å²) in [6.45, 7) is 0. The van der Waals surface area contributed by atoms with Gasteiger partial charge in [-0.3, -0.25) is 5.10 Å². The molecule has 2 nitrogen and oxygen atoms in total. The number of fused-ring (bicyclic) bond motifs is 3. The molecule has 0 spiro atoms. The Labute approximate surface area is 94.7 Å². The van der Waals surface area contributed by atoms with Crippen molar-refractivity contribution in [1.82, 2.24) is 10.2 Å². The Hall–Kier alpha value is -1.57. The highest BCUT2D eigenvalue weighted by Crippen LogP contribution is 2.43. The molecule has 0 unspecified atom stereocenters. The Morgan fingerprint density at radius 1 is 1.19 bits per heavy atom. The Morgan fingerprint density at radius 3 is 2.88 bits per heavy atom. The number of H-pyrrole nitrogens is 1. The van der Waals surface area contributed by atoms with Gasteiger partial charge in [-0.1, -0.05) is 30.7 Å². The van der Waals surface area contributed by atoms with Crippen molar-refractivity contribution in [2.24, 2.45) is 0 Å². The van der Waals surface area contributed by atoms with Crippen LogP contribution in [0.3, 0.4) is 0 Å². The minimum absolute atomic E-state index is 0.755. The third-order valence-corrected chi connectivity index (χ3v) is 4.05. The molecule has 1 saturated carbocycles. The third-order valence-electron chi connectivity index (χ3n) is 4.05. The molecule has 1 heterocycles. The third kappa shape index (κ3) is 0.993. The average Bonchev–Trinajstić information content (AvgIpc) is 2.76. The smallest absolute Gasteiger partial charge is 0.0961 e. The van der Waals surface area contributed by atoms with E-state index in [1.165, 1.54) is 47.3 Å². The summed E-state index contributed by atoms with van der Waals surface area (Å²) in [6, 6.07) is 8.64. The largest absolute Gasteiger partial charge is 0.281 e. The van der Waals surface area contributed by atoms with Crippen LogP contribution in [0.4, 0.5) is 0 Å². The standard InChI is InChI=1S/C14H14N2/c1-2-7-11-10(4-1)8-12-13(9-5-3-6-9)15-16-14(11)12/h1-2,4,7,9H,3,5-6,8H2,(H,15,16). The van der Waals surface area contributed by atoms with E-state index in [1.807, 2.05) is 0 Å². The molecule has 1 aromatic carbocycles. The molecular formula is C14H14N2. The van der Waals surface area contributed by atoms with Crippen molar-refractivity contribution in [1.29, 1.82) is 0 Å². The predicted molar refractivity (Wildman–Crippen MR) is 63.4 cm³/mol. The van der Waals surface area contributed by atoms with Gasteiger partial charge in [0.15, 0.2) is 0 Å². The van der Waals surface area contributed by atoms with Crippen LogP contribution in [0.25, 0.3) is 11.3 Å². The second kappa shape index (κ2) is 2.97. The second-order valence-corrected chi connectivity index (χ2v) is 4.93. The first-order chi connectivity index (χ1) is 7.93. The van der Waals surface area contributed by atoms with Crippen molar-refractivity contribution in [2.45, 2.75) is 31.6 Å². The molecule has 16 heavy (non-hydrogen) atoms. The molecule has 0 atom stereocenters. The predicted octanol–water partition coefficient (Wildman–Crippen LogP) is 3.25. The summed E-state index contributed by atoms with van der Waals surface area (Å²) in [5.74, 6) is 0.755. The average molecular weight is 210 g/mol. The Bertz CT molecular complexity index is 550. The lowest BCUT2D eigenvalue weighted by Gasteiger charge is -2.24. The number of aromatic nitrogens is 2. The van der Waals surface area contributed by atoms with E-state index >= 15 is 0 Å². The summed E-state index contributed by atoms with van der Waals surface area (Å²) < 4.78 is 0. The zero-order valence-electron chi connectivity index (χ0n) is 9.16. The summed E-state index contributed by atoms with van der Waals surface area (Å²) in [5.41, 5.74) is 6.86. The second-order valence-electron chi connectivity index (χ2n) is 4.93. The summed E-state index contributed by atoms with van der Waals surface area (Å²) in [4.78, 5) is 0. The van der Waals surface area contributed by atoms with E-state index in [-0.39, 0.29) is 0 Å². The van der Waals surface area contributed by atoms with Crippen LogP contribution in [0.5, 0.6) is 0 Å². The Kier molecular flexibility index (Phi) is 1.59. The van der Waals surface area contributed by atoms with Crippen LogP contribution in [0, 0.1) is 0 Å². The first-order valence-electron chi connectivity index (χ1n) is 6.09. The first-order valence-corrected chi connectivity index (χ1v) is 6.09. The molecule has 2 aliphatic rings.